The summed E-state index contributed by atoms with van der Waals surface area (Å²) in [6.07, 6.45) is 0. The van der Waals surface area contributed by atoms with Crippen molar-refractivity contribution in [3.63, 3.8) is 0 Å². The van der Waals surface area contributed by atoms with E-state index in [9.17, 15) is 4.79 Å². The van der Waals surface area contributed by atoms with Gasteiger partial charge < -0.3 is 4.74 Å². The maximum Gasteiger partial charge on any atom is 0.344 e. The van der Waals surface area contributed by atoms with E-state index in [0.717, 1.165) is 22.3 Å². The zero-order valence-corrected chi connectivity index (χ0v) is 13.3. The van der Waals surface area contributed by atoms with Crippen LogP contribution in [0.25, 0.3) is 11.1 Å². The predicted molar refractivity (Wildman–Crippen MR) is 95.6 cm³/mol. The molecule has 0 bridgehead atoms. The van der Waals surface area contributed by atoms with Crippen LogP contribution < -0.4 is 4.74 Å². The molecule has 24 heavy (non-hydrogen) atoms. The Balaban J connectivity index is 2.03. The summed E-state index contributed by atoms with van der Waals surface area (Å²) in [5, 5.41) is 0. The topological polar surface area (TPSA) is 26.3 Å². The SMILES string of the molecule is Cc1ccc(/C(=C2/C(=O)Oc3ccccc32)c2ccccc2)cc1. The number of ether oxygens (including phenoxy) is 1. The standard InChI is InChI=1S/C22H16O2/c1-15-11-13-17(14-12-15)20(16-7-3-2-4-8-16)21-18-9-5-6-10-19(18)24-22(21)23/h2-14H,1H3/b21-20+. The van der Waals surface area contributed by atoms with E-state index in [1.165, 1.54) is 5.56 Å². The molecule has 1 aliphatic heterocycles. The molecule has 3 aromatic carbocycles. The number of rotatable bonds is 2. The largest absolute Gasteiger partial charge is 0.422 e. The van der Waals surface area contributed by atoms with E-state index in [4.69, 9.17) is 4.74 Å². The Morgan fingerprint density at radius 3 is 2.12 bits per heavy atom. The van der Waals surface area contributed by atoms with Crippen LogP contribution in [0.1, 0.15) is 22.3 Å². The van der Waals surface area contributed by atoms with Crippen molar-refractivity contribution in [2.75, 3.05) is 0 Å². The first-order chi connectivity index (χ1) is 11.7. The van der Waals surface area contributed by atoms with Crippen molar-refractivity contribution >= 4 is 17.1 Å². The van der Waals surface area contributed by atoms with Crippen LogP contribution in [0.3, 0.4) is 0 Å². The Hall–Kier alpha value is -3.13. The second kappa shape index (κ2) is 5.82. The maximum absolute atomic E-state index is 12.6. The first-order valence-electron chi connectivity index (χ1n) is 7.92. The molecule has 0 unspecified atom stereocenters. The number of para-hydroxylation sites is 1. The van der Waals surface area contributed by atoms with Gasteiger partial charge in [-0.15, -0.1) is 0 Å². The van der Waals surface area contributed by atoms with Gasteiger partial charge >= 0.3 is 5.97 Å². The van der Waals surface area contributed by atoms with Crippen molar-refractivity contribution in [3.05, 3.63) is 101 Å². The third-order valence-electron chi connectivity index (χ3n) is 4.22. The van der Waals surface area contributed by atoms with E-state index >= 15 is 0 Å². The number of benzene rings is 3. The second-order valence-electron chi connectivity index (χ2n) is 5.87. The summed E-state index contributed by atoms with van der Waals surface area (Å²) in [7, 11) is 0. The first kappa shape index (κ1) is 14.5. The molecule has 0 atom stereocenters. The minimum atomic E-state index is -0.296. The minimum Gasteiger partial charge on any atom is -0.422 e. The lowest BCUT2D eigenvalue weighted by atomic mass is 9.90. The first-order valence-corrected chi connectivity index (χ1v) is 7.92. The van der Waals surface area contributed by atoms with Crippen molar-refractivity contribution in [2.45, 2.75) is 6.92 Å². The monoisotopic (exact) mass is 312 g/mol. The average molecular weight is 312 g/mol. The van der Waals surface area contributed by atoms with Gasteiger partial charge in [0.05, 0.1) is 5.57 Å². The lowest BCUT2D eigenvalue weighted by Gasteiger charge is -2.12. The van der Waals surface area contributed by atoms with Gasteiger partial charge in [-0.05, 0) is 24.1 Å². The highest BCUT2D eigenvalue weighted by atomic mass is 16.5. The van der Waals surface area contributed by atoms with E-state index in [1.807, 2.05) is 54.6 Å². The lowest BCUT2D eigenvalue weighted by Crippen LogP contribution is -2.04. The molecule has 0 fully saturated rings. The van der Waals surface area contributed by atoms with Gasteiger partial charge in [0.2, 0.25) is 0 Å². The third kappa shape index (κ3) is 2.42. The molecule has 2 nitrogen and oxygen atoms in total. The number of fused-ring (bicyclic) bond motifs is 1. The van der Waals surface area contributed by atoms with Gasteiger partial charge in [-0.2, -0.15) is 0 Å². The highest BCUT2D eigenvalue weighted by Crippen LogP contribution is 2.41. The Morgan fingerprint density at radius 1 is 0.750 bits per heavy atom. The van der Waals surface area contributed by atoms with Crippen LogP contribution >= 0.6 is 0 Å². The van der Waals surface area contributed by atoms with Gasteiger partial charge in [-0.3, -0.25) is 0 Å². The van der Waals surface area contributed by atoms with Crippen molar-refractivity contribution < 1.29 is 9.53 Å². The molecule has 2 heteroatoms. The maximum atomic E-state index is 12.6. The Kier molecular flexibility index (Phi) is 3.51. The van der Waals surface area contributed by atoms with Crippen LogP contribution in [0.4, 0.5) is 0 Å². The number of carbonyl (C=O) groups excluding carboxylic acids is 1. The van der Waals surface area contributed by atoms with E-state index < -0.39 is 0 Å². The lowest BCUT2D eigenvalue weighted by molar-refractivity contribution is -0.126. The van der Waals surface area contributed by atoms with Crippen molar-refractivity contribution in [3.8, 4) is 5.75 Å². The number of esters is 1. The predicted octanol–water partition coefficient (Wildman–Crippen LogP) is 4.87. The van der Waals surface area contributed by atoms with Crippen LogP contribution in [-0.4, -0.2) is 5.97 Å². The third-order valence-corrected chi connectivity index (χ3v) is 4.22. The summed E-state index contributed by atoms with van der Waals surface area (Å²) in [6.45, 7) is 2.05. The molecule has 0 radical (unpaired) electrons. The molecule has 1 heterocycles. The molecule has 116 valence electrons. The molecule has 0 spiro atoms. The zero-order chi connectivity index (χ0) is 16.5. The highest BCUT2D eigenvalue weighted by molar-refractivity contribution is 6.30. The summed E-state index contributed by atoms with van der Waals surface area (Å²) < 4.78 is 5.47. The van der Waals surface area contributed by atoms with Crippen LogP contribution in [0.15, 0.2) is 78.9 Å². The summed E-state index contributed by atoms with van der Waals surface area (Å²) in [6, 6.07) is 25.8. The smallest absolute Gasteiger partial charge is 0.344 e. The van der Waals surface area contributed by atoms with Crippen molar-refractivity contribution in [1.82, 2.24) is 0 Å². The molecular formula is C22H16O2. The Morgan fingerprint density at radius 2 is 1.38 bits per heavy atom. The van der Waals surface area contributed by atoms with Crippen LogP contribution in [0, 0.1) is 6.92 Å². The number of hydrogen-bond donors (Lipinski definition) is 0. The molecule has 0 aliphatic carbocycles. The fraction of sp³-hybridized carbons (Fsp3) is 0.0455. The van der Waals surface area contributed by atoms with Crippen molar-refractivity contribution in [1.29, 1.82) is 0 Å². The number of hydrogen-bond acceptors (Lipinski definition) is 2. The highest BCUT2D eigenvalue weighted by Gasteiger charge is 2.30. The fourth-order valence-electron chi connectivity index (χ4n) is 3.04. The molecule has 1 aliphatic rings. The van der Waals surface area contributed by atoms with E-state index in [-0.39, 0.29) is 5.97 Å². The summed E-state index contributed by atoms with van der Waals surface area (Å²) >= 11 is 0. The Bertz CT molecular complexity index is 935. The average Bonchev–Trinajstić information content (AvgIpc) is 2.94. The van der Waals surface area contributed by atoms with E-state index in [0.29, 0.717) is 11.3 Å². The van der Waals surface area contributed by atoms with Gasteiger partial charge in [-0.25, -0.2) is 4.79 Å². The van der Waals surface area contributed by atoms with Crippen LogP contribution in [0.5, 0.6) is 5.75 Å². The number of carbonyl (C=O) groups is 1. The quantitative estimate of drug-likeness (QED) is 0.383. The second-order valence-corrected chi connectivity index (χ2v) is 5.87. The van der Waals surface area contributed by atoms with Gasteiger partial charge in [0, 0.05) is 11.1 Å². The van der Waals surface area contributed by atoms with Crippen molar-refractivity contribution in [2.24, 2.45) is 0 Å². The molecule has 0 N–H and O–H groups in total. The van der Waals surface area contributed by atoms with Gasteiger partial charge in [0.1, 0.15) is 5.75 Å². The summed E-state index contributed by atoms with van der Waals surface area (Å²) in [4.78, 5) is 12.6. The molecular weight excluding hydrogens is 296 g/mol. The molecule has 0 saturated carbocycles. The molecule has 4 rings (SSSR count). The molecule has 0 amide bonds. The van der Waals surface area contributed by atoms with Gasteiger partial charge in [0.25, 0.3) is 0 Å². The minimum absolute atomic E-state index is 0.296. The number of aryl methyl sites for hydroxylation is 1. The summed E-state index contributed by atoms with van der Waals surface area (Å²) in [5.74, 6) is 0.327. The zero-order valence-electron chi connectivity index (χ0n) is 13.3. The normalized spacial score (nSPS) is 15.0. The van der Waals surface area contributed by atoms with E-state index in [2.05, 4.69) is 31.2 Å². The molecule has 3 aromatic rings. The Labute approximate surface area is 141 Å². The fourth-order valence-corrected chi connectivity index (χ4v) is 3.04. The van der Waals surface area contributed by atoms with E-state index in [1.54, 1.807) is 0 Å². The van der Waals surface area contributed by atoms with Gasteiger partial charge in [-0.1, -0.05) is 78.4 Å². The van der Waals surface area contributed by atoms with Gasteiger partial charge in [0.15, 0.2) is 0 Å². The van der Waals surface area contributed by atoms with Crippen LogP contribution in [-0.2, 0) is 4.79 Å². The molecule has 0 aromatic heterocycles. The summed E-state index contributed by atoms with van der Waals surface area (Å²) in [5.41, 5.74) is 5.58. The molecule has 0 saturated heterocycles. The van der Waals surface area contributed by atoms with Crippen LogP contribution in [0.2, 0.25) is 0 Å².